The van der Waals surface area contributed by atoms with E-state index in [0.29, 0.717) is 17.8 Å². The lowest BCUT2D eigenvalue weighted by molar-refractivity contribution is 0.0949. The molecule has 1 atom stereocenters. The maximum atomic E-state index is 12.7. The minimum Gasteiger partial charge on any atom is -0.496 e. The normalized spacial score (nSPS) is 16.4. The number of aromatic nitrogens is 4. The van der Waals surface area contributed by atoms with E-state index in [1.807, 2.05) is 55.3 Å². The van der Waals surface area contributed by atoms with Gasteiger partial charge < -0.3 is 10.1 Å². The average molecular weight is 421 g/mol. The van der Waals surface area contributed by atoms with Crippen molar-refractivity contribution in [3.63, 3.8) is 0 Å². The van der Waals surface area contributed by atoms with Gasteiger partial charge in [0.25, 0.3) is 5.91 Å². The van der Waals surface area contributed by atoms with Crippen LogP contribution in [0.4, 0.5) is 0 Å². The molecule has 2 aromatic heterocycles. The Morgan fingerprint density at radius 2 is 2.13 bits per heavy atom. The first kappa shape index (κ1) is 21.0. The Morgan fingerprint density at radius 3 is 2.87 bits per heavy atom. The summed E-state index contributed by atoms with van der Waals surface area (Å²) in [5.74, 6) is 1.34. The van der Waals surface area contributed by atoms with Crippen LogP contribution in [0.3, 0.4) is 0 Å². The summed E-state index contributed by atoms with van der Waals surface area (Å²) in [5, 5.41) is 7.20. The van der Waals surface area contributed by atoms with Gasteiger partial charge in [0.15, 0.2) is 0 Å². The Kier molecular flexibility index (Phi) is 6.27. The topological polar surface area (TPSA) is 85.2 Å². The molecule has 1 saturated heterocycles. The molecular formula is C23H28N6O2. The fourth-order valence-electron chi connectivity index (χ4n) is 4.08. The third-order valence-corrected chi connectivity index (χ3v) is 5.68. The van der Waals surface area contributed by atoms with Gasteiger partial charge in [-0.15, -0.1) is 0 Å². The zero-order chi connectivity index (χ0) is 21.8. The van der Waals surface area contributed by atoms with Gasteiger partial charge in [-0.1, -0.05) is 18.2 Å². The van der Waals surface area contributed by atoms with Crippen molar-refractivity contribution >= 4 is 5.91 Å². The van der Waals surface area contributed by atoms with Crippen LogP contribution in [0, 0.1) is 6.92 Å². The highest BCUT2D eigenvalue weighted by Gasteiger charge is 2.29. The number of aryl methyl sites for hydroxylation is 2. The molecule has 0 spiro atoms. The van der Waals surface area contributed by atoms with Crippen LogP contribution < -0.4 is 10.1 Å². The summed E-state index contributed by atoms with van der Waals surface area (Å²) < 4.78 is 7.17. The molecule has 4 rings (SSSR count). The van der Waals surface area contributed by atoms with Crippen molar-refractivity contribution in [3.05, 3.63) is 71.1 Å². The molecule has 0 bridgehead atoms. The Bertz CT molecular complexity index is 1060. The molecule has 8 heteroatoms. The van der Waals surface area contributed by atoms with Gasteiger partial charge in [0.1, 0.15) is 11.6 Å². The number of para-hydroxylation sites is 1. The number of methoxy groups -OCH3 is 1. The predicted octanol–water partition coefficient (Wildman–Crippen LogP) is 2.79. The smallest absolute Gasteiger partial charge is 0.254 e. The molecular weight excluding hydrogens is 392 g/mol. The fraction of sp³-hybridized carbons (Fsp3) is 0.391. The van der Waals surface area contributed by atoms with Crippen LogP contribution in [0.1, 0.15) is 51.9 Å². The highest BCUT2D eigenvalue weighted by atomic mass is 16.5. The van der Waals surface area contributed by atoms with Crippen molar-refractivity contribution in [3.8, 4) is 5.75 Å². The number of likely N-dealkylation sites (tertiary alicyclic amines) is 1. The number of carbonyl (C=O) groups is 1. The van der Waals surface area contributed by atoms with Gasteiger partial charge in [-0.2, -0.15) is 5.10 Å². The van der Waals surface area contributed by atoms with Crippen LogP contribution in [0.5, 0.6) is 5.75 Å². The van der Waals surface area contributed by atoms with Crippen molar-refractivity contribution in [2.75, 3.05) is 13.7 Å². The van der Waals surface area contributed by atoms with E-state index >= 15 is 0 Å². The maximum Gasteiger partial charge on any atom is 0.254 e. The summed E-state index contributed by atoms with van der Waals surface area (Å²) in [7, 11) is 3.55. The number of nitrogens with one attached hydrogen (secondary N) is 1. The molecule has 31 heavy (non-hydrogen) atoms. The van der Waals surface area contributed by atoms with Crippen LogP contribution in [-0.2, 0) is 20.1 Å². The summed E-state index contributed by atoms with van der Waals surface area (Å²) in [5.41, 5.74) is 3.29. The van der Waals surface area contributed by atoms with Gasteiger partial charge in [0, 0.05) is 43.7 Å². The summed E-state index contributed by atoms with van der Waals surface area (Å²) in [6.45, 7) is 4.07. The molecule has 0 unspecified atom stereocenters. The van der Waals surface area contributed by atoms with E-state index in [-0.39, 0.29) is 11.9 Å². The zero-order valence-electron chi connectivity index (χ0n) is 18.2. The standard InChI is InChI=1S/C23H28N6O2/c1-16-19(23(30)25-12-18-7-4-5-9-21(18)31-3)13-24-22(27-16)20-8-6-10-29(20)15-17-11-26-28(2)14-17/h4-5,7,9,11,13-14,20H,6,8,10,12,15H2,1-3H3,(H,25,30)/t20-/m1/s1. The number of hydrogen-bond acceptors (Lipinski definition) is 6. The molecule has 3 aromatic rings. The van der Waals surface area contributed by atoms with E-state index in [4.69, 9.17) is 9.72 Å². The molecule has 1 N–H and O–H groups in total. The fourth-order valence-corrected chi connectivity index (χ4v) is 4.08. The summed E-state index contributed by atoms with van der Waals surface area (Å²) in [4.78, 5) is 24.4. The Labute approximate surface area is 182 Å². The number of nitrogens with zero attached hydrogens (tertiary/aromatic N) is 5. The van der Waals surface area contributed by atoms with Gasteiger partial charge in [0.05, 0.1) is 30.6 Å². The SMILES string of the molecule is COc1ccccc1CNC(=O)c1cnc([C@H]2CCCN2Cc2cnn(C)c2)nc1C. The Morgan fingerprint density at radius 1 is 1.29 bits per heavy atom. The second-order valence-corrected chi connectivity index (χ2v) is 7.87. The number of hydrogen-bond donors (Lipinski definition) is 1. The predicted molar refractivity (Wildman–Crippen MR) is 117 cm³/mol. The Hall–Kier alpha value is -3.26. The molecule has 0 radical (unpaired) electrons. The second-order valence-electron chi connectivity index (χ2n) is 7.87. The lowest BCUT2D eigenvalue weighted by Gasteiger charge is -2.23. The lowest BCUT2D eigenvalue weighted by Crippen LogP contribution is -2.27. The molecule has 3 heterocycles. The van der Waals surface area contributed by atoms with E-state index in [0.717, 1.165) is 43.1 Å². The number of carbonyl (C=O) groups excluding carboxylic acids is 1. The highest BCUT2D eigenvalue weighted by molar-refractivity contribution is 5.94. The van der Waals surface area contributed by atoms with Gasteiger partial charge >= 0.3 is 0 Å². The minimum absolute atomic E-state index is 0.157. The molecule has 162 valence electrons. The summed E-state index contributed by atoms with van der Waals surface area (Å²) in [6, 6.07) is 7.80. The first-order chi connectivity index (χ1) is 15.0. The quantitative estimate of drug-likeness (QED) is 0.633. The van der Waals surface area contributed by atoms with Crippen molar-refractivity contribution in [2.24, 2.45) is 7.05 Å². The first-order valence-corrected chi connectivity index (χ1v) is 10.5. The second kappa shape index (κ2) is 9.26. The van der Waals surface area contributed by atoms with Crippen molar-refractivity contribution in [1.29, 1.82) is 0 Å². The maximum absolute atomic E-state index is 12.7. The first-order valence-electron chi connectivity index (χ1n) is 10.5. The number of rotatable bonds is 7. The molecule has 0 saturated carbocycles. The van der Waals surface area contributed by atoms with Crippen LogP contribution in [0.15, 0.2) is 42.9 Å². The third-order valence-electron chi connectivity index (χ3n) is 5.68. The minimum atomic E-state index is -0.186. The molecule has 1 fully saturated rings. The molecule has 1 amide bonds. The van der Waals surface area contributed by atoms with Gasteiger partial charge in [-0.25, -0.2) is 9.97 Å². The lowest BCUT2D eigenvalue weighted by atomic mass is 10.1. The van der Waals surface area contributed by atoms with E-state index in [1.165, 1.54) is 5.56 Å². The van der Waals surface area contributed by atoms with Crippen molar-refractivity contribution in [1.82, 2.24) is 30.0 Å². The average Bonchev–Trinajstić information content (AvgIpc) is 3.41. The van der Waals surface area contributed by atoms with Crippen LogP contribution in [0.2, 0.25) is 0 Å². The van der Waals surface area contributed by atoms with E-state index < -0.39 is 0 Å². The van der Waals surface area contributed by atoms with Gasteiger partial charge in [0.2, 0.25) is 0 Å². The largest absolute Gasteiger partial charge is 0.496 e. The van der Waals surface area contributed by atoms with Gasteiger partial charge in [-0.3, -0.25) is 14.4 Å². The molecule has 1 aliphatic heterocycles. The summed E-state index contributed by atoms with van der Waals surface area (Å²) in [6.07, 6.45) is 7.70. The van der Waals surface area contributed by atoms with Crippen LogP contribution in [-0.4, -0.2) is 44.2 Å². The van der Waals surface area contributed by atoms with Crippen LogP contribution >= 0.6 is 0 Å². The van der Waals surface area contributed by atoms with Crippen LogP contribution in [0.25, 0.3) is 0 Å². The number of amides is 1. The van der Waals surface area contributed by atoms with Gasteiger partial charge in [-0.05, 0) is 32.4 Å². The third kappa shape index (κ3) is 4.74. The molecule has 1 aliphatic rings. The number of benzene rings is 1. The number of ether oxygens (including phenoxy) is 1. The molecule has 1 aromatic carbocycles. The summed E-state index contributed by atoms with van der Waals surface area (Å²) >= 11 is 0. The highest BCUT2D eigenvalue weighted by Crippen LogP contribution is 2.31. The molecule has 8 nitrogen and oxygen atoms in total. The Balaban J connectivity index is 1.44. The van der Waals surface area contributed by atoms with Crippen molar-refractivity contribution < 1.29 is 9.53 Å². The van der Waals surface area contributed by atoms with E-state index in [2.05, 4.69) is 20.3 Å². The van der Waals surface area contributed by atoms with E-state index in [1.54, 1.807) is 13.3 Å². The zero-order valence-corrected chi connectivity index (χ0v) is 18.2. The van der Waals surface area contributed by atoms with Crippen molar-refractivity contribution in [2.45, 2.75) is 38.9 Å². The van der Waals surface area contributed by atoms with E-state index in [9.17, 15) is 4.79 Å². The molecule has 0 aliphatic carbocycles. The monoisotopic (exact) mass is 420 g/mol.